The summed E-state index contributed by atoms with van der Waals surface area (Å²) in [6.45, 7) is 12.6. The van der Waals surface area contributed by atoms with Gasteiger partial charge in [0.15, 0.2) is 0 Å². The van der Waals surface area contributed by atoms with E-state index in [9.17, 15) is 0 Å². The summed E-state index contributed by atoms with van der Waals surface area (Å²) in [5, 5.41) is 0. The molecule has 0 aromatic carbocycles. The lowest BCUT2D eigenvalue weighted by molar-refractivity contribution is -0.0102. The number of rotatable bonds is 5. The van der Waals surface area contributed by atoms with Gasteiger partial charge in [-0.05, 0) is 90.4 Å². The van der Waals surface area contributed by atoms with Gasteiger partial charge >= 0.3 is 0 Å². The van der Waals surface area contributed by atoms with Crippen molar-refractivity contribution in [2.24, 2.45) is 46.3 Å². The molecule has 0 aromatic rings. The van der Waals surface area contributed by atoms with Crippen molar-refractivity contribution in [2.45, 2.75) is 92.4 Å². The van der Waals surface area contributed by atoms with Crippen molar-refractivity contribution in [1.82, 2.24) is 0 Å². The van der Waals surface area contributed by atoms with E-state index in [1.54, 1.807) is 5.57 Å². The summed E-state index contributed by atoms with van der Waals surface area (Å²) < 4.78 is 0. The summed E-state index contributed by atoms with van der Waals surface area (Å²) >= 11 is 0. The first-order valence-electron chi connectivity index (χ1n) is 11.7. The molecule has 7 atom stereocenters. The average Bonchev–Trinajstić information content (AvgIpc) is 3.08. The molecule has 0 amide bonds. The lowest BCUT2D eigenvalue weighted by Gasteiger charge is -2.51. The molecule has 2 saturated carbocycles. The number of hydrogen-bond acceptors (Lipinski definition) is 0. The fourth-order valence-corrected chi connectivity index (χ4v) is 7.98. The molecule has 4 aliphatic carbocycles. The maximum absolute atomic E-state index is 2.76. The zero-order valence-corrected chi connectivity index (χ0v) is 18.1. The molecule has 0 heteroatoms. The molecule has 4 rings (SSSR count). The Morgan fingerprint density at radius 3 is 2.58 bits per heavy atom. The second-order valence-electron chi connectivity index (χ2n) is 11.3. The number of allylic oxidation sites excluding steroid dienone is 4. The Bertz CT molecular complexity index is 581. The van der Waals surface area contributed by atoms with E-state index in [1.807, 2.05) is 0 Å². The Kier molecular flexibility index (Phi) is 4.94. The summed E-state index contributed by atoms with van der Waals surface area (Å²) in [4.78, 5) is 0. The summed E-state index contributed by atoms with van der Waals surface area (Å²) in [7, 11) is 0. The Morgan fingerprint density at radius 2 is 1.81 bits per heavy atom. The van der Waals surface area contributed by atoms with Crippen LogP contribution in [0, 0.1) is 46.3 Å². The van der Waals surface area contributed by atoms with Crippen molar-refractivity contribution < 1.29 is 0 Å². The van der Waals surface area contributed by atoms with Crippen LogP contribution >= 0.6 is 0 Å². The molecule has 0 aliphatic heterocycles. The molecule has 0 saturated heterocycles. The Morgan fingerprint density at radius 1 is 1.00 bits per heavy atom. The van der Waals surface area contributed by atoms with Crippen LogP contribution < -0.4 is 0 Å². The van der Waals surface area contributed by atoms with Crippen LogP contribution in [0.1, 0.15) is 92.4 Å². The number of hydrogen-bond donors (Lipinski definition) is 0. The first kappa shape index (κ1) is 18.8. The fraction of sp³-hybridized carbons (Fsp3) is 0.846. The molecule has 0 spiro atoms. The van der Waals surface area contributed by atoms with Crippen molar-refractivity contribution in [1.29, 1.82) is 0 Å². The monoisotopic (exact) mass is 354 g/mol. The van der Waals surface area contributed by atoms with Gasteiger partial charge in [0.1, 0.15) is 0 Å². The van der Waals surface area contributed by atoms with Gasteiger partial charge in [-0.3, -0.25) is 0 Å². The quantitative estimate of drug-likeness (QED) is 0.472. The minimum atomic E-state index is 0.502. The molecule has 0 N–H and O–H groups in total. The number of fused-ring (bicyclic) bond motifs is 5. The second kappa shape index (κ2) is 6.82. The van der Waals surface area contributed by atoms with Gasteiger partial charge in [-0.2, -0.15) is 0 Å². The van der Waals surface area contributed by atoms with Crippen LogP contribution in [0.3, 0.4) is 0 Å². The predicted molar refractivity (Wildman–Crippen MR) is 113 cm³/mol. The summed E-state index contributed by atoms with van der Waals surface area (Å²) in [6.07, 6.45) is 20.7. The van der Waals surface area contributed by atoms with Gasteiger partial charge in [-0.25, -0.2) is 0 Å². The smallest absolute Gasteiger partial charge is 0.00415 e. The molecule has 4 aliphatic rings. The molecule has 146 valence electrons. The molecular formula is C26H42. The third-order valence-electron chi connectivity index (χ3n) is 9.51. The topological polar surface area (TPSA) is 0 Å². The Hall–Kier alpha value is -0.520. The van der Waals surface area contributed by atoms with E-state index in [-0.39, 0.29) is 0 Å². The standard InChI is InChI=1S/C26H42/c1-18(2)9-8-10-19(3)22-12-13-23-21-17-20-11-6-7-15-25(20,4)24(21)14-16-26(22,23)5/h6,11,17-19,21-24H,7-10,12-16H2,1-5H3/t19-,21+,22-,23-,24+,25-,26+/m0/s1. The molecule has 0 unspecified atom stereocenters. The van der Waals surface area contributed by atoms with Gasteiger partial charge in [-0.15, -0.1) is 0 Å². The third-order valence-corrected chi connectivity index (χ3v) is 9.51. The van der Waals surface area contributed by atoms with Crippen molar-refractivity contribution in [2.75, 3.05) is 0 Å². The summed E-state index contributed by atoms with van der Waals surface area (Å²) in [5.41, 5.74) is 2.82. The van der Waals surface area contributed by atoms with Crippen molar-refractivity contribution in [3.8, 4) is 0 Å². The fourth-order valence-electron chi connectivity index (χ4n) is 7.98. The first-order valence-corrected chi connectivity index (χ1v) is 11.7. The van der Waals surface area contributed by atoms with E-state index < -0.39 is 0 Å². The van der Waals surface area contributed by atoms with Crippen LogP contribution in [0.25, 0.3) is 0 Å². The highest BCUT2D eigenvalue weighted by molar-refractivity contribution is 5.37. The summed E-state index contributed by atoms with van der Waals surface area (Å²) in [5.74, 6) is 5.55. The van der Waals surface area contributed by atoms with E-state index >= 15 is 0 Å². The minimum absolute atomic E-state index is 0.502. The van der Waals surface area contributed by atoms with Gasteiger partial charge < -0.3 is 0 Å². The van der Waals surface area contributed by atoms with Crippen LogP contribution in [0.15, 0.2) is 23.8 Å². The lowest BCUT2D eigenvalue weighted by Crippen LogP contribution is -2.44. The van der Waals surface area contributed by atoms with Gasteiger partial charge in [0.2, 0.25) is 0 Å². The van der Waals surface area contributed by atoms with Crippen LogP contribution in [-0.2, 0) is 0 Å². The molecule has 0 heterocycles. The third kappa shape index (κ3) is 2.85. The molecule has 0 aromatic heterocycles. The van der Waals surface area contributed by atoms with Gasteiger partial charge in [0.25, 0.3) is 0 Å². The van der Waals surface area contributed by atoms with E-state index in [0.717, 1.165) is 35.5 Å². The molecule has 0 nitrogen and oxygen atoms in total. The molecule has 26 heavy (non-hydrogen) atoms. The van der Waals surface area contributed by atoms with E-state index in [1.165, 1.54) is 57.8 Å². The van der Waals surface area contributed by atoms with Gasteiger partial charge in [0, 0.05) is 0 Å². The van der Waals surface area contributed by atoms with E-state index in [2.05, 4.69) is 52.8 Å². The van der Waals surface area contributed by atoms with E-state index in [0.29, 0.717) is 10.8 Å². The maximum Gasteiger partial charge on any atom is -0.00415 e. The Balaban J connectivity index is 1.50. The SMILES string of the molecule is CC(C)CCC[C@H](C)[C@@H]1CC[C@H]2[C@H]3C=C4C=CCC[C@]4(C)[C@@H]3CC[C@@]21C. The highest BCUT2D eigenvalue weighted by atomic mass is 14.6. The molecule has 0 bridgehead atoms. The molecule has 0 radical (unpaired) electrons. The van der Waals surface area contributed by atoms with Crippen LogP contribution in [0.4, 0.5) is 0 Å². The first-order chi connectivity index (χ1) is 12.4. The predicted octanol–water partition coefficient (Wildman–Crippen LogP) is 7.80. The van der Waals surface area contributed by atoms with Crippen LogP contribution in [-0.4, -0.2) is 0 Å². The molecular weight excluding hydrogens is 312 g/mol. The van der Waals surface area contributed by atoms with Crippen molar-refractivity contribution >= 4 is 0 Å². The van der Waals surface area contributed by atoms with Crippen molar-refractivity contribution in [3.05, 3.63) is 23.8 Å². The highest BCUT2D eigenvalue weighted by Crippen LogP contribution is 2.67. The molecule has 2 fully saturated rings. The second-order valence-corrected chi connectivity index (χ2v) is 11.3. The maximum atomic E-state index is 2.76. The lowest BCUT2D eigenvalue weighted by atomic mass is 9.53. The zero-order chi connectivity index (χ0) is 18.5. The highest BCUT2D eigenvalue weighted by Gasteiger charge is 2.59. The van der Waals surface area contributed by atoms with Gasteiger partial charge in [0.05, 0.1) is 0 Å². The minimum Gasteiger partial charge on any atom is -0.0842 e. The van der Waals surface area contributed by atoms with Crippen LogP contribution in [0.5, 0.6) is 0 Å². The normalized spacial score (nSPS) is 45.2. The van der Waals surface area contributed by atoms with Gasteiger partial charge in [-0.1, -0.05) is 72.1 Å². The van der Waals surface area contributed by atoms with E-state index in [4.69, 9.17) is 0 Å². The Labute approximate surface area is 162 Å². The zero-order valence-electron chi connectivity index (χ0n) is 18.1. The van der Waals surface area contributed by atoms with Crippen LogP contribution in [0.2, 0.25) is 0 Å². The summed E-state index contributed by atoms with van der Waals surface area (Å²) in [6, 6.07) is 0. The average molecular weight is 355 g/mol. The van der Waals surface area contributed by atoms with Crippen molar-refractivity contribution in [3.63, 3.8) is 0 Å². The largest absolute Gasteiger partial charge is 0.0842 e.